The fourth-order valence-corrected chi connectivity index (χ4v) is 4.92. The average Bonchev–Trinajstić information content (AvgIpc) is 3.25. The van der Waals surface area contributed by atoms with E-state index in [1.165, 1.54) is 0 Å². The number of nitrogens with zero attached hydrogens (tertiary/aromatic N) is 4. The van der Waals surface area contributed by atoms with Crippen LogP contribution in [0.4, 0.5) is 15.3 Å². The fourth-order valence-electron chi connectivity index (χ4n) is 4.92. The highest BCUT2D eigenvalue weighted by Crippen LogP contribution is 2.23. The van der Waals surface area contributed by atoms with E-state index in [1.54, 1.807) is 41.2 Å². The second kappa shape index (κ2) is 11.9. The first-order chi connectivity index (χ1) is 17.7. The van der Waals surface area contributed by atoms with Gasteiger partial charge in [-0.2, -0.15) is 0 Å². The first-order valence-electron chi connectivity index (χ1n) is 12.8. The van der Waals surface area contributed by atoms with Crippen LogP contribution in [0.5, 0.6) is 0 Å². The van der Waals surface area contributed by atoms with Gasteiger partial charge in [-0.15, -0.1) is 5.06 Å². The van der Waals surface area contributed by atoms with Gasteiger partial charge in [0.15, 0.2) is 0 Å². The van der Waals surface area contributed by atoms with E-state index in [-0.39, 0.29) is 18.0 Å². The minimum Gasteiger partial charge on any atom is -0.480 e. The van der Waals surface area contributed by atoms with Crippen LogP contribution in [0, 0.1) is 5.41 Å². The number of piperazine rings is 1. The van der Waals surface area contributed by atoms with Gasteiger partial charge in [0.2, 0.25) is 0 Å². The van der Waals surface area contributed by atoms with E-state index in [4.69, 9.17) is 15.0 Å². The van der Waals surface area contributed by atoms with E-state index < -0.39 is 24.2 Å². The molecule has 3 saturated heterocycles. The number of hydroxylamine groups is 2. The Morgan fingerprint density at radius 2 is 1.86 bits per heavy atom. The third-order valence-corrected chi connectivity index (χ3v) is 7.28. The first-order valence-corrected chi connectivity index (χ1v) is 12.8. The Hall–Kier alpha value is -3.22. The minimum atomic E-state index is -0.822. The number of benzene rings is 1. The van der Waals surface area contributed by atoms with Crippen LogP contribution < -0.4 is 10.2 Å². The number of amidine groups is 1. The highest BCUT2D eigenvalue weighted by molar-refractivity contribution is 6.04. The highest BCUT2D eigenvalue weighted by Gasteiger charge is 2.35. The summed E-state index contributed by atoms with van der Waals surface area (Å²) in [6.45, 7) is 8.12. The summed E-state index contributed by atoms with van der Waals surface area (Å²) in [6, 6.07) is 6.43. The number of amides is 2. The molecule has 12 nitrogen and oxygen atoms in total. The number of carbonyl (C=O) groups excluding carboxylic acids is 2. The molecule has 0 bridgehead atoms. The summed E-state index contributed by atoms with van der Waals surface area (Å²) in [4.78, 5) is 47.0. The molecule has 3 aliphatic heterocycles. The molecule has 3 fully saturated rings. The number of cyclic esters (lactones) is 1. The molecular formula is C25H36N6O6. The van der Waals surface area contributed by atoms with Crippen molar-refractivity contribution in [2.24, 2.45) is 0 Å². The quantitative estimate of drug-likeness (QED) is 0.366. The molecule has 3 unspecified atom stereocenters. The molecule has 0 aliphatic carbocycles. The molecule has 2 amide bonds. The molecule has 4 rings (SSSR count). The maximum Gasteiger partial charge on any atom is 0.431 e. The predicted molar refractivity (Wildman–Crippen MR) is 136 cm³/mol. The van der Waals surface area contributed by atoms with Crippen molar-refractivity contribution in [3.8, 4) is 0 Å². The summed E-state index contributed by atoms with van der Waals surface area (Å²) in [5, 5.41) is 21.5. The van der Waals surface area contributed by atoms with Crippen LogP contribution in [0.25, 0.3) is 0 Å². The van der Waals surface area contributed by atoms with Gasteiger partial charge in [0, 0.05) is 56.6 Å². The lowest BCUT2D eigenvalue weighted by molar-refractivity contribution is -0.143. The normalized spacial score (nSPS) is 24.4. The summed E-state index contributed by atoms with van der Waals surface area (Å²) < 4.78 is 5.57. The lowest BCUT2D eigenvalue weighted by atomic mass is 10.1. The van der Waals surface area contributed by atoms with Crippen molar-refractivity contribution in [2.45, 2.75) is 51.3 Å². The van der Waals surface area contributed by atoms with Gasteiger partial charge >= 0.3 is 18.2 Å². The van der Waals surface area contributed by atoms with Gasteiger partial charge in [-0.3, -0.25) is 30.2 Å². The van der Waals surface area contributed by atoms with Crippen LogP contribution in [-0.4, -0.2) is 108 Å². The number of carboxylic acid groups (broad SMARTS) is 1. The van der Waals surface area contributed by atoms with Crippen LogP contribution in [0.2, 0.25) is 0 Å². The largest absolute Gasteiger partial charge is 0.480 e. The molecule has 0 radical (unpaired) electrons. The number of piperidine rings is 1. The van der Waals surface area contributed by atoms with Gasteiger partial charge in [-0.1, -0.05) is 6.42 Å². The maximum atomic E-state index is 12.5. The molecule has 3 N–H and O–H groups in total. The Kier molecular flexibility index (Phi) is 8.62. The van der Waals surface area contributed by atoms with E-state index in [0.717, 1.165) is 19.3 Å². The third kappa shape index (κ3) is 6.76. The number of carboxylic acids is 1. The highest BCUT2D eigenvalue weighted by atomic mass is 16.7. The number of anilines is 1. The van der Waals surface area contributed by atoms with Gasteiger partial charge in [-0.25, -0.2) is 9.59 Å². The van der Waals surface area contributed by atoms with Gasteiger partial charge in [0.25, 0.3) is 0 Å². The van der Waals surface area contributed by atoms with E-state index in [9.17, 15) is 19.5 Å². The Labute approximate surface area is 216 Å². The number of hydrogen-bond donors (Lipinski definition) is 3. The van der Waals surface area contributed by atoms with Crippen molar-refractivity contribution >= 4 is 29.7 Å². The van der Waals surface area contributed by atoms with E-state index >= 15 is 0 Å². The number of aliphatic carboxylic acids is 1. The Balaban J connectivity index is 1.25. The molecular weight excluding hydrogens is 480 g/mol. The minimum absolute atomic E-state index is 0.0838. The second-order valence-electron chi connectivity index (χ2n) is 9.88. The molecule has 3 atom stereocenters. The van der Waals surface area contributed by atoms with Gasteiger partial charge in [-0.05, 0) is 51.0 Å². The van der Waals surface area contributed by atoms with Gasteiger partial charge in [0.1, 0.15) is 18.0 Å². The zero-order chi connectivity index (χ0) is 26.5. The van der Waals surface area contributed by atoms with Crippen molar-refractivity contribution in [1.82, 2.24) is 20.2 Å². The number of hydrogen-bond acceptors (Lipinski definition) is 9. The van der Waals surface area contributed by atoms with Crippen LogP contribution in [-0.2, 0) is 14.4 Å². The van der Waals surface area contributed by atoms with Crippen molar-refractivity contribution in [1.29, 1.82) is 5.41 Å². The van der Waals surface area contributed by atoms with Crippen molar-refractivity contribution in [2.75, 3.05) is 50.7 Å². The summed E-state index contributed by atoms with van der Waals surface area (Å²) >= 11 is 0. The monoisotopic (exact) mass is 516 g/mol. The zero-order valence-electron chi connectivity index (χ0n) is 21.4. The van der Waals surface area contributed by atoms with Crippen LogP contribution in [0.1, 0.15) is 38.7 Å². The Morgan fingerprint density at radius 1 is 1.16 bits per heavy atom. The van der Waals surface area contributed by atoms with E-state index in [1.807, 2.05) is 11.8 Å². The molecule has 1 aromatic carbocycles. The maximum absolute atomic E-state index is 12.5. The summed E-state index contributed by atoms with van der Waals surface area (Å²) in [5.74, 6) is -0.905. The van der Waals surface area contributed by atoms with E-state index in [0.29, 0.717) is 57.1 Å². The Bertz CT molecular complexity index is 996. The second-order valence-corrected chi connectivity index (χ2v) is 9.88. The molecule has 0 aromatic heterocycles. The standard InChI is InChI=1S/C25H36N6O6/c1-17-5-3-4-10-31(17)37-24(34)27-22(26)19-6-8-20(9-7-19)30-16-21(36-25(30)35)15-28-11-13-29(14-12-28)18(2)23(32)33/h6-9,17-18,21H,3-5,10-16H2,1-2H3,(H,32,33)(H2,26,27,34). The smallest absolute Gasteiger partial charge is 0.431 e. The molecule has 0 spiro atoms. The summed E-state index contributed by atoms with van der Waals surface area (Å²) in [7, 11) is 0. The van der Waals surface area contributed by atoms with Crippen LogP contribution in [0.15, 0.2) is 24.3 Å². The molecule has 3 aliphatic rings. The molecule has 202 valence electrons. The number of carbonyl (C=O) groups is 3. The third-order valence-electron chi connectivity index (χ3n) is 7.28. The molecule has 0 saturated carbocycles. The lowest BCUT2D eigenvalue weighted by Crippen LogP contribution is -2.53. The van der Waals surface area contributed by atoms with Crippen molar-refractivity contribution in [3.05, 3.63) is 29.8 Å². The average molecular weight is 517 g/mol. The van der Waals surface area contributed by atoms with Crippen LogP contribution in [0.3, 0.4) is 0 Å². The summed E-state index contributed by atoms with van der Waals surface area (Å²) in [5.41, 5.74) is 1.14. The lowest BCUT2D eigenvalue weighted by Gasteiger charge is -2.37. The van der Waals surface area contributed by atoms with Gasteiger partial charge in [0.05, 0.1) is 6.54 Å². The number of rotatable bonds is 7. The topological polar surface area (TPSA) is 139 Å². The predicted octanol–water partition coefficient (Wildman–Crippen LogP) is 1.94. The first kappa shape index (κ1) is 26.8. The summed E-state index contributed by atoms with van der Waals surface area (Å²) in [6.07, 6.45) is 1.65. The number of nitrogens with one attached hydrogen (secondary N) is 2. The van der Waals surface area contributed by atoms with Gasteiger partial charge < -0.3 is 14.7 Å². The molecule has 12 heteroatoms. The molecule has 37 heavy (non-hydrogen) atoms. The van der Waals surface area contributed by atoms with Crippen molar-refractivity contribution < 1.29 is 29.1 Å². The molecule has 1 aromatic rings. The van der Waals surface area contributed by atoms with Crippen LogP contribution >= 0.6 is 0 Å². The van der Waals surface area contributed by atoms with E-state index in [2.05, 4.69) is 10.2 Å². The number of ether oxygens (including phenoxy) is 1. The zero-order valence-corrected chi connectivity index (χ0v) is 21.4. The SMILES string of the molecule is CC(C(=O)O)N1CCN(CC2CN(c3ccc(C(=N)NC(=O)ON4CCCCC4C)cc3)C(=O)O2)CC1. The van der Waals surface area contributed by atoms with Crippen molar-refractivity contribution in [3.63, 3.8) is 0 Å². The Morgan fingerprint density at radius 3 is 2.51 bits per heavy atom. The fraction of sp³-hybridized carbons (Fsp3) is 0.600. The molecule has 3 heterocycles.